The minimum atomic E-state index is -0.851. The number of hydrogen-bond acceptors (Lipinski definition) is 1. The first-order valence-corrected chi connectivity index (χ1v) is 6.07. The first-order chi connectivity index (χ1) is 8.54. The molecule has 4 heteroatoms. The zero-order chi connectivity index (χ0) is 13.1. The fourth-order valence-corrected chi connectivity index (χ4v) is 2.28. The zero-order valence-corrected chi connectivity index (χ0v) is 10.9. The van der Waals surface area contributed by atoms with Gasteiger partial charge in [-0.3, -0.25) is 4.79 Å². The highest BCUT2D eigenvalue weighted by molar-refractivity contribution is 6.35. The summed E-state index contributed by atoms with van der Waals surface area (Å²) in [6.07, 6.45) is 0.00212. The summed E-state index contributed by atoms with van der Waals surface area (Å²) in [4.78, 5) is 10.7. The van der Waals surface area contributed by atoms with Crippen molar-refractivity contribution in [2.75, 3.05) is 0 Å². The van der Waals surface area contributed by atoms with Crippen LogP contribution in [0.2, 0.25) is 10.0 Å². The molecular weight excluding hydrogens is 271 g/mol. The number of carbonyl (C=O) groups is 1. The summed E-state index contributed by atoms with van der Waals surface area (Å²) in [6, 6.07) is 12.6. The Morgan fingerprint density at radius 2 is 1.67 bits per heavy atom. The minimum absolute atomic E-state index is 0.00212. The zero-order valence-electron chi connectivity index (χ0n) is 9.36. The lowest BCUT2D eigenvalue weighted by Crippen LogP contribution is -1.99. The number of carboxylic acid groups (broad SMARTS) is 1. The molecular formula is C14H10Cl2O2. The molecule has 2 aromatic carbocycles. The van der Waals surface area contributed by atoms with Gasteiger partial charge >= 0.3 is 5.97 Å². The Balaban J connectivity index is 2.41. The van der Waals surface area contributed by atoms with Crippen molar-refractivity contribution in [3.8, 4) is 11.1 Å². The molecule has 0 aliphatic carbocycles. The summed E-state index contributed by atoms with van der Waals surface area (Å²) < 4.78 is 0. The van der Waals surface area contributed by atoms with Gasteiger partial charge in [0, 0.05) is 10.0 Å². The minimum Gasteiger partial charge on any atom is -0.481 e. The second-order valence-corrected chi connectivity index (χ2v) is 4.80. The SMILES string of the molecule is O=C(O)Cc1cccc(-c2cc(Cl)cc(Cl)c2)c1. The van der Waals surface area contributed by atoms with Gasteiger partial charge < -0.3 is 5.11 Å². The smallest absolute Gasteiger partial charge is 0.307 e. The molecule has 0 heterocycles. The van der Waals surface area contributed by atoms with E-state index in [1.807, 2.05) is 18.2 Å². The lowest BCUT2D eigenvalue weighted by Gasteiger charge is -2.05. The van der Waals surface area contributed by atoms with E-state index in [2.05, 4.69) is 0 Å². The van der Waals surface area contributed by atoms with Crippen LogP contribution in [0.1, 0.15) is 5.56 Å². The van der Waals surface area contributed by atoms with Crippen LogP contribution in [0.5, 0.6) is 0 Å². The van der Waals surface area contributed by atoms with E-state index in [0.29, 0.717) is 10.0 Å². The van der Waals surface area contributed by atoms with E-state index in [4.69, 9.17) is 28.3 Å². The third-order valence-electron chi connectivity index (χ3n) is 2.48. The second-order valence-electron chi connectivity index (χ2n) is 3.93. The fourth-order valence-electron chi connectivity index (χ4n) is 1.76. The summed E-state index contributed by atoms with van der Waals surface area (Å²) in [7, 11) is 0. The monoisotopic (exact) mass is 280 g/mol. The highest BCUT2D eigenvalue weighted by Crippen LogP contribution is 2.27. The van der Waals surface area contributed by atoms with E-state index < -0.39 is 5.97 Å². The van der Waals surface area contributed by atoms with Crippen LogP contribution in [-0.2, 0) is 11.2 Å². The van der Waals surface area contributed by atoms with Crippen molar-refractivity contribution >= 4 is 29.2 Å². The molecule has 0 atom stereocenters. The third kappa shape index (κ3) is 3.25. The van der Waals surface area contributed by atoms with Gasteiger partial charge in [0.05, 0.1) is 6.42 Å². The second kappa shape index (κ2) is 5.42. The predicted octanol–water partition coefficient (Wildman–Crippen LogP) is 4.29. The van der Waals surface area contributed by atoms with E-state index in [1.54, 1.807) is 24.3 Å². The van der Waals surface area contributed by atoms with Gasteiger partial charge in [-0.15, -0.1) is 0 Å². The van der Waals surface area contributed by atoms with Gasteiger partial charge in [-0.2, -0.15) is 0 Å². The van der Waals surface area contributed by atoms with Crippen molar-refractivity contribution in [2.45, 2.75) is 6.42 Å². The van der Waals surface area contributed by atoms with Gasteiger partial charge in [-0.05, 0) is 34.9 Å². The van der Waals surface area contributed by atoms with Gasteiger partial charge in [0.1, 0.15) is 0 Å². The highest BCUT2D eigenvalue weighted by Gasteiger charge is 2.04. The maximum absolute atomic E-state index is 10.7. The molecule has 1 N–H and O–H groups in total. The van der Waals surface area contributed by atoms with E-state index in [-0.39, 0.29) is 6.42 Å². The van der Waals surface area contributed by atoms with Crippen LogP contribution in [0.25, 0.3) is 11.1 Å². The lowest BCUT2D eigenvalue weighted by molar-refractivity contribution is -0.136. The Bertz CT molecular complexity index is 574. The topological polar surface area (TPSA) is 37.3 Å². The molecule has 0 spiro atoms. The van der Waals surface area contributed by atoms with Crippen LogP contribution in [0.4, 0.5) is 0 Å². The first-order valence-electron chi connectivity index (χ1n) is 5.32. The van der Waals surface area contributed by atoms with Crippen LogP contribution in [0.3, 0.4) is 0 Å². The quantitative estimate of drug-likeness (QED) is 0.911. The Labute approximate surface area is 115 Å². The Hall–Kier alpha value is -1.51. The van der Waals surface area contributed by atoms with Crippen molar-refractivity contribution in [1.82, 2.24) is 0 Å². The van der Waals surface area contributed by atoms with E-state index in [9.17, 15) is 4.79 Å². The molecule has 0 aromatic heterocycles. The van der Waals surface area contributed by atoms with Crippen LogP contribution in [0, 0.1) is 0 Å². The van der Waals surface area contributed by atoms with Crippen molar-refractivity contribution in [1.29, 1.82) is 0 Å². The summed E-state index contributed by atoms with van der Waals surface area (Å²) in [5.74, 6) is -0.851. The summed E-state index contributed by atoms with van der Waals surface area (Å²) >= 11 is 11.9. The number of halogens is 2. The molecule has 18 heavy (non-hydrogen) atoms. The number of aliphatic carboxylic acids is 1. The maximum Gasteiger partial charge on any atom is 0.307 e. The van der Waals surface area contributed by atoms with Crippen molar-refractivity contribution < 1.29 is 9.90 Å². The molecule has 0 amide bonds. The van der Waals surface area contributed by atoms with Gasteiger partial charge in [0.25, 0.3) is 0 Å². The van der Waals surface area contributed by atoms with Crippen LogP contribution in [-0.4, -0.2) is 11.1 Å². The molecule has 2 rings (SSSR count). The van der Waals surface area contributed by atoms with Crippen molar-refractivity contribution in [3.63, 3.8) is 0 Å². The Kier molecular flexibility index (Phi) is 3.90. The van der Waals surface area contributed by atoms with Gasteiger partial charge in [-0.25, -0.2) is 0 Å². The van der Waals surface area contributed by atoms with E-state index >= 15 is 0 Å². The molecule has 0 aliphatic rings. The number of rotatable bonds is 3. The molecule has 0 fully saturated rings. The maximum atomic E-state index is 10.7. The Morgan fingerprint density at radius 1 is 1.00 bits per heavy atom. The van der Waals surface area contributed by atoms with E-state index in [1.165, 1.54) is 0 Å². The van der Waals surface area contributed by atoms with E-state index in [0.717, 1.165) is 16.7 Å². The fraction of sp³-hybridized carbons (Fsp3) is 0.0714. The summed E-state index contributed by atoms with van der Waals surface area (Å²) in [5.41, 5.74) is 2.52. The Morgan fingerprint density at radius 3 is 2.28 bits per heavy atom. The van der Waals surface area contributed by atoms with Gasteiger partial charge in [0.2, 0.25) is 0 Å². The predicted molar refractivity (Wildman–Crippen MR) is 73.2 cm³/mol. The van der Waals surface area contributed by atoms with Crippen LogP contribution in [0.15, 0.2) is 42.5 Å². The average molecular weight is 281 g/mol. The molecule has 2 aromatic rings. The molecule has 0 aliphatic heterocycles. The number of benzene rings is 2. The normalized spacial score (nSPS) is 10.3. The van der Waals surface area contributed by atoms with Gasteiger partial charge in [0.15, 0.2) is 0 Å². The van der Waals surface area contributed by atoms with Gasteiger partial charge in [-0.1, -0.05) is 47.5 Å². The van der Waals surface area contributed by atoms with Crippen LogP contribution < -0.4 is 0 Å². The standard InChI is InChI=1S/C14H10Cl2O2/c15-12-6-11(7-13(16)8-12)10-3-1-2-9(4-10)5-14(17)18/h1-4,6-8H,5H2,(H,17,18). The molecule has 2 nitrogen and oxygen atoms in total. The average Bonchev–Trinajstić information content (AvgIpc) is 2.27. The van der Waals surface area contributed by atoms with Crippen LogP contribution >= 0.6 is 23.2 Å². The number of carboxylic acids is 1. The molecule has 92 valence electrons. The molecule has 0 saturated carbocycles. The lowest BCUT2D eigenvalue weighted by atomic mass is 10.0. The van der Waals surface area contributed by atoms with Crippen molar-refractivity contribution in [3.05, 3.63) is 58.1 Å². The first kappa shape index (κ1) is 12.9. The largest absolute Gasteiger partial charge is 0.481 e. The summed E-state index contributed by atoms with van der Waals surface area (Å²) in [6.45, 7) is 0. The molecule has 0 saturated heterocycles. The van der Waals surface area contributed by atoms with Crippen molar-refractivity contribution in [2.24, 2.45) is 0 Å². The summed E-state index contributed by atoms with van der Waals surface area (Å²) in [5, 5.41) is 9.89. The number of hydrogen-bond donors (Lipinski definition) is 1. The third-order valence-corrected chi connectivity index (χ3v) is 2.91. The molecule has 0 radical (unpaired) electrons. The highest BCUT2D eigenvalue weighted by atomic mass is 35.5. The molecule has 0 unspecified atom stereocenters. The molecule has 0 bridgehead atoms.